The van der Waals surface area contributed by atoms with E-state index in [9.17, 15) is 4.79 Å². The Kier molecular flexibility index (Phi) is 5.88. The molecule has 2 aromatic rings. The number of morpholine rings is 1. The number of nitrogens with zero attached hydrogens (tertiary/aromatic N) is 3. The van der Waals surface area contributed by atoms with Crippen LogP contribution >= 0.6 is 11.8 Å². The summed E-state index contributed by atoms with van der Waals surface area (Å²) in [7, 11) is 0. The summed E-state index contributed by atoms with van der Waals surface area (Å²) in [5, 5.41) is 7.61. The van der Waals surface area contributed by atoms with Crippen molar-refractivity contribution in [2.75, 3.05) is 18.8 Å². The molecular formula is C18H22N4O2S. The molecule has 2 heterocycles. The maximum absolute atomic E-state index is 12.3. The largest absolute Gasteiger partial charge is 0.372 e. The topological polar surface area (TPSA) is 71.1 Å². The van der Waals surface area contributed by atoms with Gasteiger partial charge in [-0.2, -0.15) is 0 Å². The van der Waals surface area contributed by atoms with Crippen molar-refractivity contribution < 1.29 is 9.53 Å². The fourth-order valence-electron chi connectivity index (χ4n) is 2.74. The first kappa shape index (κ1) is 17.7. The minimum absolute atomic E-state index is 0.0796. The number of hydrogen-bond acceptors (Lipinski definition) is 5. The predicted molar refractivity (Wildman–Crippen MR) is 99.1 cm³/mol. The second-order valence-corrected chi connectivity index (χ2v) is 7.03. The van der Waals surface area contributed by atoms with Gasteiger partial charge in [-0.15, -0.1) is 5.10 Å². The molecule has 3 rings (SSSR count). The second kappa shape index (κ2) is 8.31. The summed E-state index contributed by atoms with van der Waals surface area (Å²) in [6.45, 7) is 5.26. The molecule has 0 radical (unpaired) electrons. The van der Waals surface area contributed by atoms with Gasteiger partial charge in [0.2, 0.25) is 11.1 Å². The van der Waals surface area contributed by atoms with Crippen molar-refractivity contribution >= 4 is 29.8 Å². The van der Waals surface area contributed by atoms with Gasteiger partial charge in [-0.25, -0.2) is 4.98 Å². The summed E-state index contributed by atoms with van der Waals surface area (Å²) in [4.78, 5) is 18.6. The van der Waals surface area contributed by atoms with Crippen molar-refractivity contribution in [3.05, 3.63) is 41.7 Å². The average molecular weight is 358 g/mol. The van der Waals surface area contributed by atoms with E-state index < -0.39 is 0 Å². The van der Waals surface area contributed by atoms with E-state index in [2.05, 4.69) is 15.2 Å². The van der Waals surface area contributed by atoms with Gasteiger partial charge < -0.3 is 9.64 Å². The SMILES string of the molecule is CC1CN(C(=O)CSc2n[nH]c(/C=C/c3ccccc3)n2)CC(C)O1. The van der Waals surface area contributed by atoms with Crippen LogP contribution in [0.1, 0.15) is 25.2 Å². The molecule has 1 aliphatic heterocycles. The minimum atomic E-state index is 0.0796. The molecule has 2 unspecified atom stereocenters. The van der Waals surface area contributed by atoms with Crippen molar-refractivity contribution in [3.63, 3.8) is 0 Å². The number of benzene rings is 1. The highest BCUT2D eigenvalue weighted by molar-refractivity contribution is 7.99. The Labute approximate surface area is 151 Å². The zero-order valence-electron chi connectivity index (χ0n) is 14.4. The molecule has 0 bridgehead atoms. The number of aromatic amines is 1. The molecule has 1 aliphatic rings. The molecule has 1 saturated heterocycles. The molecule has 1 aromatic carbocycles. The van der Waals surface area contributed by atoms with Crippen molar-refractivity contribution in [2.24, 2.45) is 0 Å². The Bertz CT molecular complexity index is 722. The number of aromatic nitrogens is 3. The van der Waals surface area contributed by atoms with Gasteiger partial charge in [0, 0.05) is 13.1 Å². The molecule has 1 amide bonds. The lowest BCUT2D eigenvalue weighted by Crippen LogP contribution is -2.48. The molecule has 1 N–H and O–H groups in total. The van der Waals surface area contributed by atoms with E-state index in [1.807, 2.05) is 61.2 Å². The summed E-state index contributed by atoms with van der Waals surface area (Å²) in [6.07, 6.45) is 4.00. The molecule has 1 aromatic heterocycles. The van der Waals surface area contributed by atoms with Crippen LogP contribution in [0.15, 0.2) is 35.5 Å². The van der Waals surface area contributed by atoms with Crippen LogP contribution in [-0.4, -0.2) is 57.0 Å². The summed E-state index contributed by atoms with van der Waals surface area (Å²) in [5.74, 6) is 1.10. The lowest BCUT2D eigenvalue weighted by atomic mass is 10.2. The average Bonchev–Trinajstić information content (AvgIpc) is 3.06. The van der Waals surface area contributed by atoms with Gasteiger partial charge in [0.15, 0.2) is 0 Å². The zero-order chi connectivity index (χ0) is 17.6. The predicted octanol–water partition coefficient (Wildman–Crippen LogP) is 2.70. The van der Waals surface area contributed by atoms with E-state index in [0.29, 0.717) is 29.8 Å². The minimum Gasteiger partial charge on any atom is -0.372 e. The van der Waals surface area contributed by atoms with Crippen molar-refractivity contribution in [1.82, 2.24) is 20.1 Å². The summed E-state index contributed by atoms with van der Waals surface area (Å²) < 4.78 is 5.66. The molecule has 7 heteroatoms. The summed E-state index contributed by atoms with van der Waals surface area (Å²) in [5.41, 5.74) is 1.10. The van der Waals surface area contributed by atoms with Crippen LogP contribution in [-0.2, 0) is 9.53 Å². The maximum atomic E-state index is 12.3. The van der Waals surface area contributed by atoms with Gasteiger partial charge in [0.1, 0.15) is 5.82 Å². The van der Waals surface area contributed by atoms with E-state index in [-0.39, 0.29) is 18.1 Å². The van der Waals surface area contributed by atoms with Crippen LogP contribution in [0.3, 0.4) is 0 Å². The summed E-state index contributed by atoms with van der Waals surface area (Å²) in [6, 6.07) is 9.99. The van der Waals surface area contributed by atoms with E-state index in [1.165, 1.54) is 11.8 Å². The highest BCUT2D eigenvalue weighted by Crippen LogP contribution is 2.17. The quantitative estimate of drug-likeness (QED) is 0.832. The lowest BCUT2D eigenvalue weighted by Gasteiger charge is -2.35. The number of amides is 1. The first-order valence-corrected chi connectivity index (χ1v) is 9.30. The molecule has 0 saturated carbocycles. The second-order valence-electron chi connectivity index (χ2n) is 6.09. The molecule has 6 nitrogen and oxygen atoms in total. The fraction of sp³-hybridized carbons (Fsp3) is 0.389. The van der Waals surface area contributed by atoms with Gasteiger partial charge in [-0.3, -0.25) is 9.89 Å². The fourth-order valence-corrected chi connectivity index (χ4v) is 3.44. The van der Waals surface area contributed by atoms with Gasteiger partial charge in [-0.05, 0) is 25.5 Å². The monoisotopic (exact) mass is 358 g/mol. The smallest absolute Gasteiger partial charge is 0.233 e. The van der Waals surface area contributed by atoms with E-state index in [4.69, 9.17) is 4.74 Å². The standard InChI is InChI=1S/C18H22N4O2S/c1-13-10-22(11-14(2)24-13)17(23)12-25-18-19-16(20-21-18)9-8-15-6-4-3-5-7-15/h3-9,13-14H,10-12H2,1-2H3,(H,19,20,21)/b9-8+. The number of carbonyl (C=O) groups is 1. The van der Waals surface area contributed by atoms with Crippen LogP contribution < -0.4 is 0 Å². The number of ether oxygens (including phenoxy) is 1. The number of carbonyl (C=O) groups excluding carboxylic acids is 1. The molecule has 132 valence electrons. The maximum Gasteiger partial charge on any atom is 0.233 e. The van der Waals surface area contributed by atoms with Crippen LogP contribution in [0, 0.1) is 0 Å². The number of thioether (sulfide) groups is 1. The number of H-pyrrole nitrogens is 1. The van der Waals surface area contributed by atoms with Gasteiger partial charge >= 0.3 is 0 Å². The Hall–Kier alpha value is -2.12. The third-order valence-electron chi connectivity index (χ3n) is 3.81. The molecular weight excluding hydrogens is 336 g/mol. The first-order valence-electron chi connectivity index (χ1n) is 8.31. The van der Waals surface area contributed by atoms with Gasteiger partial charge in [0.25, 0.3) is 0 Å². The zero-order valence-corrected chi connectivity index (χ0v) is 15.2. The van der Waals surface area contributed by atoms with Crippen LogP contribution in [0.25, 0.3) is 12.2 Å². The number of rotatable bonds is 5. The normalized spacial score (nSPS) is 21.0. The van der Waals surface area contributed by atoms with Gasteiger partial charge in [0.05, 0.1) is 18.0 Å². The molecule has 25 heavy (non-hydrogen) atoms. The highest BCUT2D eigenvalue weighted by atomic mass is 32.2. The Morgan fingerprint density at radius 1 is 1.28 bits per heavy atom. The van der Waals surface area contributed by atoms with Crippen molar-refractivity contribution in [1.29, 1.82) is 0 Å². The van der Waals surface area contributed by atoms with Gasteiger partial charge in [-0.1, -0.05) is 48.2 Å². The molecule has 1 fully saturated rings. The third-order valence-corrected chi connectivity index (χ3v) is 4.64. The summed E-state index contributed by atoms with van der Waals surface area (Å²) >= 11 is 1.35. The van der Waals surface area contributed by atoms with Crippen LogP contribution in [0.2, 0.25) is 0 Å². The number of hydrogen-bond donors (Lipinski definition) is 1. The molecule has 2 atom stereocenters. The van der Waals surface area contributed by atoms with E-state index >= 15 is 0 Å². The Balaban J connectivity index is 1.51. The highest BCUT2D eigenvalue weighted by Gasteiger charge is 2.25. The van der Waals surface area contributed by atoms with Crippen molar-refractivity contribution in [2.45, 2.75) is 31.2 Å². The Morgan fingerprint density at radius 3 is 2.72 bits per heavy atom. The van der Waals surface area contributed by atoms with Crippen LogP contribution in [0.5, 0.6) is 0 Å². The first-order chi connectivity index (χ1) is 12.1. The van der Waals surface area contributed by atoms with E-state index in [0.717, 1.165) is 5.56 Å². The number of nitrogens with one attached hydrogen (secondary N) is 1. The van der Waals surface area contributed by atoms with Crippen LogP contribution in [0.4, 0.5) is 0 Å². The Morgan fingerprint density at radius 2 is 2.00 bits per heavy atom. The molecule has 0 aliphatic carbocycles. The molecule has 0 spiro atoms. The van der Waals surface area contributed by atoms with Crippen molar-refractivity contribution in [3.8, 4) is 0 Å². The van der Waals surface area contributed by atoms with E-state index in [1.54, 1.807) is 0 Å². The third kappa shape index (κ3) is 5.17. The lowest BCUT2D eigenvalue weighted by molar-refractivity contribution is -0.140.